The molecule has 0 saturated heterocycles. The van der Waals surface area contributed by atoms with Crippen molar-refractivity contribution in [1.29, 1.82) is 0 Å². The lowest BCUT2D eigenvalue weighted by Crippen LogP contribution is -2.17. The quantitative estimate of drug-likeness (QED) is 0.529. The van der Waals surface area contributed by atoms with Gasteiger partial charge in [-0.05, 0) is 50.8 Å². The topological polar surface area (TPSA) is 66.0 Å². The van der Waals surface area contributed by atoms with Crippen molar-refractivity contribution < 1.29 is 0 Å². The SMILES string of the molecule is CN(C)CCCNc1nc(NCc2ccccc2Cl)cc(-c2ccncc2)n1. The molecule has 6 nitrogen and oxygen atoms in total. The Bertz CT molecular complexity index is 885. The average Bonchev–Trinajstić information content (AvgIpc) is 2.71. The molecule has 0 bridgehead atoms. The van der Waals surface area contributed by atoms with E-state index in [1.807, 2.05) is 42.5 Å². The maximum Gasteiger partial charge on any atom is 0.225 e. The molecule has 0 spiro atoms. The maximum absolute atomic E-state index is 6.26. The molecule has 0 saturated carbocycles. The van der Waals surface area contributed by atoms with Crippen molar-refractivity contribution in [1.82, 2.24) is 19.9 Å². The Balaban J connectivity index is 1.77. The standard InChI is InChI=1S/C21H25ClN6/c1-28(2)13-5-10-24-21-26-19(16-8-11-23-12-9-16)14-20(27-21)25-15-17-6-3-4-7-18(17)22/h3-4,6-9,11-12,14H,5,10,13,15H2,1-2H3,(H2,24,25,26,27). The lowest BCUT2D eigenvalue weighted by atomic mass is 10.2. The molecule has 3 aromatic rings. The number of anilines is 2. The van der Waals surface area contributed by atoms with E-state index in [4.69, 9.17) is 11.6 Å². The molecule has 0 atom stereocenters. The summed E-state index contributed by atoms with van der Waals surface area (Å²) >= 11 is 6.26. The average molecular weight is 397 g/mol. The number of aromatic nitrogens is 3. The van der Waals surface area contributed by atoms with E-state index in [0.29, 0.717) is 12.5 Å². The second-order valence-corrected chi connectivity index (χ2v) is 7.13. The Morgan fingerprint density at radius 1 is 1.00 bits per heavy atom. The third-order valence-electron chi connectivity index (χ3n) is 4.19. The Kier molecular flexibility index (Phi) is 7.17. The molecule has 2 aromatic heterocycles. The summed E-state index contributed by atoms with van der Waals surface area (Å²) in [5.74, 6) is 1.35. The molecule has 0 amide bonds. The molecule has 2 N–H and O–H groups in total. The highest BCUT2D eigenvalue weighted by Crippen LogP contribution is 2.22. The van der Waals surface area contributed by atoms with Gasteiger partial charge in [0.05, 0.1) is 5.69 Å². The molecule has 1 aromatic carbocycles. The Morgan fingerprint density at radius 3 is 2.54 bits per heavy atom. The largest absolute Gasteiger partial charge is 0.366 e. The summed E-state index contributed by atoms with van der Waals surface area (Å²) in [5.41, 5.74) is 2.86. The Hall–Kier alpha value is -2.70. The summed E-state index contributed by atoms with van der Waals surface area (Å²) in [6.45, 7) is 2.41. The van der Waals surface area contributed by atoms with E-state index in [1.54, 1.807) is 12.4 Å². The first kappa shape index (κ1) is 20.0. The van der Waals surface area contributed by atoms with Crippen molar-refractivity contribution in [2.75, 3.05) is 37.8 Å². The molecular weight excluding hydrogens is 372 g/mol. The van der Waals surface area contributed by atoms with Gasteiger partial charge in [0.15, 0.2) is 0 Å². The molecule has 0 aliphatic rings. The molecule has 28 heavy (non-hydrogen) atoms. The number of benzene rings is 1. The van der Waals surface area contributed by atoms with Gasteiger partial charge < -0.3 is 15.5 Å². The summed E-state index contributed by atoms with van der Waals surface area (Å²) in [6, 6.07) is 13.6. The fourth-order valence-electron chi connectivity index (χ4n) is 2.71. The zero-order chi connectivity index (χ0) is 19.8. The van der Waals surface area contributed by atoms with Crippen molar-refractivity contribution >= 4 is 23.4 Å². The minimum atomic E-state index is 0.590. The van der Waals surface area contributed by atoms with Crippen LogP contribution in [0.5, 0.6) is 0 Å². The van der Waals surface area contributed by atoms with Crippen molar-refractivity contribution in [2.45, 2.75) is 13.0 Å². The first-order valence-corrected chi connectivity index (χ1v) is 9.65. The predicted octanol–water partition coefficient (Wildman–Crippen LogP) is 4.17. The first-order chi connectivity index (χ1) is 13.6. The fourth-order valence-corrected chi connectivity index (χ4v) is 2.91. The zero-order valence-electron chi connectivity index (χ0n) is 16.2. The van der Waals surface area contributed by atoms with E-state index in [9.17, 15) is 0 Å². The smallest absolute Gasteiger partial charge is 0.225 e. The number of rotatable bonds is 9. The van der Waals surface area contributed by atoms with E-state index < -0.39 is 0 Å². The van der Waals surface area contributed by atoms with E-state index in [2.05, 4.69) is 44.6 Å². The van der Waals surface area contributed by atoms with E-state index in [1.165, 1.54) is 0 Å². The van der Waals surface area contributed by atoms with E-state index in [0.717, 1.165) is 47.2 Å². The maximum atomic E-state index is 6.26. The molecular formula is C21H25ClN6. The minimum absolute atomic E-state index is 0.590. The molecule has 146 valence electrons. The van der Waals surface area contributed by atoms with Gasteiger partial charge in [0.1, 0.15) is 5.82 Å². The van der Waals surface area contributed by atoms with Crippen LogP contribution in [0.15, 0.2) is 54.9 Å². The van der Waals surface area contributed by atoms with Gasteiger partial charge in [-0.3, -0.25) is 4.98 Å². The van der Waals surface area contributed by atoms with Gasteiger partial charge in [0.2, 0.25) is 5.95 Å². The monoisotopic (exact) mass is 396 g/mol. The molecule has 0 radical (unpaired) electrons. The predicted molar refractivity (Wildman–Crippen MR) is 116 cm³/mol. The molecule has 0 fully saturated rings. The van der Waals surface area contributed by atoms with Gasteiger partial charge in [-0.15, -0.1) is 0 Å². The number of nitrogens with one attached hydrogen (secondary N) is 2. The minimum Gasteiger partial charge on any atom is -0.366 e. The van der Waals surface area contributed by atoms with Gasteiger partial charge in [-0.2, -0.15) is 4.98 Å². The molecule has 0 aliphatic carbocycles. The van der Waals surface area contributed by atoms with Crippen LogP contribution in [0.25, 0.3) is 11.3 Å². The lowest BCUT2D eigenvalue weighted by molar-refractivity contribution is 0.405. The van der Waals surface area contributed by atoms with Crippen LogP contribution in [0.4, 0.5) is 11.8 Å². The van der Waals surface area contributed by atoms with Gasteiger partial charge in [-0.1, -0.05) is 29.8 Å². The number of hydrogen-bond donors (Lipinski definition) is 2. The van der Waals surface area contributed by atoms with Crippen LogP contribution in [-0.4, -0.2) is 47.0 Å². The van der Waals surface area contributed by atoms with Gasteiger partial charge >= 0.3 is 0 Å². The summed E-state index contributed by atoms with van der Waals surface area (Å²) in [7, 11) is 4.13. The van der Waals surface area contributed by atoms with Gasteiger partial charge in [0, 0.05) is 42.1 Å². The highest BCUT2D eigenvalue weighted by molar-refractivity contribution is 6.31. The van der Waals surface area contributed by atoms with Crippen LogP contribution >= 0.6 is 11.6 Å². The normalized spacial score (nSPS) is 10.9. The lowest BCUT2D eigenvalue weighted by Gasteiger charge is -2.13. The van der Waals surface area contributed by atoms with Crippen LogP contribution in [0.3, 0.4) is 0 Å². The second-order valence-electron chi connectivity index (χ2n) is 6.73. The third kappa shape index (κ3) is 5.90. The second kappa shape index (κ2) is 10.0. The van der Waals surface area contributed by atoms with Crippen molar-refractivity contribution in [3.8, 4) is 11.3 Å². The summed E-state index contributed by atoms with van der Waals surface area (Å²) in [4.78, 5) is 15.5. The first-order valence-electron chi connectivity index (χ1n) is 9.27. The van der Waals surface area contributed by atoms with E-state index in [-0.39, 0.29) is 0 Å². The van der Waals surface area contributed by atoms with Crippen molar-refractivity contribution in [3.05, 3.63) is 65.4 Å². The number of hydrogen-bond acceptors (Lipinski definition) is 6. The van der Waals surface area contributed by atoms with Crippen molar-refractivity contribution in [3.63, 3.8) is 0 Å². The Labute approximate surface area is 171 Å². The Morgan fingerprint density at radius 2 is 1.79 bits per heavy atom. The fraction of sp³-hybridized carbons (Fsp3) is 0.286. The number of halogens is 1. The third-order valence-corrected chi connectivity index (χ3v) is 4.55. The molecule has 0 aliphatic heterocycles. The van der Waals surface area contributed by atoms with Crippen LogP contribution in [0.2, 0.25) is 5.02 Å². The molecule has 2 heterocycles. The zero-order valence-corrected chi connectivity index (χ0v) is 16.9. The van der Waals surface area contributed by atoms with Gasteiger partial charge in [0.25, 0.3) is 0 Å². The van der Waals surface area contributed by atoms with Crippen LogP contribution in [-0.2, 0) is 6.54 Å². The summed E-state index contributed by atoms with van der Waals surface area (Å²) in [5, 5.41) is 7.43. The highest BCUT2D eigenvalue weighted by Gasteiger charge is 2.08. The van der Waals surface area contributed by atoms with Crippen LogP contribution in [0.1, 0.15) is 12.0 Å². The summed E-state index contributed by atoms with van der Waals surface area (Å²) in [6.07, 6.45) is 4.54. The molecule has 3 rings (SSSR count). The number of pyridine rings is 1. The molecule has 7 heteroatoms. The van der Waals surface area contributed by atoms with Crippen molar-refractivity contribution in [2.24, 2.45) is 0 Å². The molecule has 0 unspecified atom stereocenters. The van der Waals surface area contributed by atoms with Crippen LogP contribution in [0, 0.1) is 0 Å². The highest BCUT2D eigenvalue weighted by atomic mass is 35.5. The van der Waals surface area contributed by atoms with Gasteiger partial charge in [-0.25, -0.2) is 4.98 Å². The van der Waals surface area contributed by atoms with Crippen LogP contribution < -0.4 is 10.6 Å². The summed E-state index contributed by atoms with van der Waals surface area (Å²) < 4.78 is 0. The number of nitrogens with zero attached hydrogens (tertiary/aromatic N) is 4. The van der Waals surface area contributed by atoms with E-state index >= 15 is 0 Å².